The van der Waals surface area contributed by atoms with Gasteiger partial charge in [0.15, 0.2) is 0 Å². The maximum atomic E-state index is 13.4. The van der Waals surface area contributed by atoms with Gasteiger partial charge in [0.25, 0.3) is 5.91 Å². The van der Waals surface area contributed by atoms with Crippen LogP contribution in [0.3, 0.4) is 0 Å². The highest BCUT2D eigenvalue weighted by Gasteiger charge is 2.45. The Kier molecular flexibility index (Phi) is 6.31. The van der Waals surface area contributed by atoms with Gasteiger partial charge in [0.1, 0.15) is 0 Å². The van der Waals surface area contributed by atoms with Crippen molar-refractivity contribution < 1.29 is 14.7 Å². The lowest BCUT2D eigenvalue weighted by Gasteiger charge is -2.39. The van der Waals surface area contributed by atoms with Crippen LogP contribution in [0.15, 0.2) is 72.8 Å². The predicted octanol–water partition coefficient (Wildman–Crippen LogP) is 3.97. The number of aliphatic hydroxyl groups is 1. The van der Waals surface area contributed by atoms with Gasteiger partial charge in [-0.25, -0.2) is 0 Å². The quantitative estimate of drug-likeness (QED) is 0.593. The number of hydrogen-bond acceptors (Lipinski definition) is 4. The maximum Gasteiger partial charge on any atom is 0.253 e. The lowest BCUT2D eigenvalue weighted by atomic mass is 9.82. The molecule has 35 heavy (non-hydrogen) atoms. The number of anilines is 1. The largest absolute Gasteiger partial charge is 0.394 e. The van der Waals surface area contributed by atoms with E-state index in [0.717, 1.165) is 34.4 Å². The van der Waals surface area contributed by atoms with Gasteiger partial charge < -0.3 is 20.2 Å². The second kappa shape index (κ2) is 9.55. The van der Waals surface area contributed by atoms with Crippen LogP contribution in [0.5, 0.6) is 0 Å². The molecule has 0 saturated carbocycles. The number of carbonyl (C=O) groups is 2. The molecular formula is C29H31N3O3. The summed E-state index contributed by atoms with van der Waals surface area (Å²) in [5.74, 6) is 0.215. The van der Waals surface area contributed by atoms with Crippen molar-refractivity contribution in [1.29, 1.82) is 0 Å². The molecule has 3 aromatic carbocycles. The van der Waals surface area contributed by atoms with Gasteiger partial charge in [-0.05, 0) is 52.9 Å². The molecule has 2 heterocycles. The number of benzene rings is 3. The van der Waals surface area contributed by atoms with Crippen molar-refractivity contribution in [3.8, 4) is 11.1 Å². The molecule has 0 aromatic heterocycles. The van der Waals surface area contributed by atoms with Gasteiger partial charge in [0.2, 0.25) is 5.91 Å². The summed E-state index contributed by atoms with van der Waals surface area (Å²) >= 11 is 0. The van der Waals surface area contributed by atoms with Crippen LogP contribution in [-0.2, 0) is 11.2 Å². The Morgan fingerprint density at radius 2 is 1.77 bits per heavy atom. The molecule has 0 aliphatic carbocycles. The number of aliphatic hydroxyl groups excluding tert-OH is 1. The molecule has 0 radical (unpaired) electrons. The van der Waals surface area contributed by atoms with E-state index in [4.69, 9.17) is 0 Å². The molecule has 2 amide bonds. The number of nitrogens with one attached hydrogen (secondary N) is 1. The first kappa shape index (κ1) is 23.1. The molecule has 6 heteroatoms. The summed E-state index contributed by atoms with van der Waals surface area (Å²) in [5.41, 5.74) is 5.63. The Bertz CT molecular complexity index is 1240. The fourth-order valence-electron chi connectivity index (χ4n) is 5.48. The minimum Gasteiger partial charge on any atom is -0.394 e. The molecule has 0 bridgehead atoms. The number of carbonyl (C=O) groups excluding carboxylic acids is 2. The minimum atomic E-state index is -0.0915. The fraction of sp³-hybridized carbons (Fsp3) is 0.310. The van der Waals surface area contributed by atoms with Gasteiger partial charge in [0.05, 0.1) is 25.1 Å². The highest BCUT2D eigenvalue weighted by molar-refractivity contribution is 5.95. The van der Waals surface area contributed by atoms with Crippen LogP contribution in [0.25, 0.3) is 11.1 Å². The number of rotatable bonds is 5. The highest BCUT2D eigenvalue weighted by Crippen LogP contribution is 2.47. The number of amides is 2. The molecule has 0 spiro atoms. The second-order valence-corrected chi connectivity index (χ2v) is 9.66. The predicted molar refractivity (Wildman–Crippen MR) is 137 cm³/mol. The van der Waals surface area contributed by atoms with E-state index in [0.29, 0.717) is 18.5 Å². The first-order valence-electron chi connectivity index (χ1n) is 12.1. The van der Waals surface area contributed by atoms with Crippen molar-refractivity contribution in [2.24, 2.45) is 5.92 Å². The Morgan fingerprint density at radius 3 is 2.51 bits per heavy atom. The van der Waals surface area contributed by atoms with Gasteiger partial charge in [-0.15, -0.1) is 0 Å². The zero-order valence-corrected chi connectivity index (χ0v) is 20.1. The molecule has 1 saturated heterocycles. The van der Waals surface area contributed by atoms with E-state index in [1.165, 1.54) is 0 Å². The number of fused-ring (bicyclic) bond motifs is 3. The third kappa shape index (κ3) is 4.42. The second-order valence-electron chi connectivity index (χ2n) is 9.66. The van der Waals surface area contributed by atoms with Gasteiger partial charge in [-0.1, -0.05) is 48.5 Å². The van der Waals surface area contributed by atoms with Gasteiger partial charge in [-0.3, -0.25) is 9.59 Å². The monoisotopic (exact) mass is 469 g/mol. The van der Waals surface area contributed by atoms with Crippen molar-refractivity contribution in [3.05, 3.63) is 89.5 Å². The van der Waals surface area contributed by atoms with Crippen LogP contribution in [0.4, 0.5) is 5.69 Å². The van der Waals surface area contributed by atoms with Gasteiger partial charge in [0, 0.05) is 37.8 Å². The van der Waals surface area contributed by atoms with Crippen LogP contribution in [0, 0.1) is 5.92 Å². The van der Waals surface area contributed by atoms with Crippen LogP contribution < -0.4 is 5.32 Å². The molecule has 6 nitrogen and oxygen atoms in total. The summed E-state index contributed by atoms with van der Waals surface area (Å²) in [5, 5.41) is 13.6. The van der Waals surface area contributed by atoms with E-state index in [1.54, 1.807) is 19.0 Å². The summed E-state index contributed by atoms with van der Waals surface area (Å²) in [6, 6.07) is 23.5. The Balaban J connectivity index is 1.50. The van der Waals surface area contributed by atoms with E-state index in [9.17, 15) is 14.7 Å². The zero-order chi connectivity index (χ0) is 24.5. The number of likely N-dealkylation sites (tertiary alicyclic amines) is 1. The Morgan fingerprint density at radius 1 is 1.00 bits per heavy atom. The van der Waals surface area contributed by atoms with E-state index in [2.05, 4.69) is 11.4 Å². The minimum absolute atomic E-state index is 0.0256. The van der Waals surface area contributed by atoms with Crippen molar-refractivity contribution in [3.63, 3.8) is 0 Å². The molecule has 1 fully saturated rings. The standard InChI is InChI=1S/C29H31N3O3/c1-31(2)29(35)22-10-6-9-20(16-22)21-11-12-25-24(17-21)28-23(26(18-33)30-25)13-14-32(28)27(34)15-19-7-4-3-5-8-19/h3-12,16-17,23,26,28,30,33H,13-15,18H2,1-2H3/t23-,26-,28-/m1/s1. The van der Waals surface area contributed by atoms with Crippen molar-refractivity contribution >= 4 is 17.5 Å². The molecule has 0 unspecified atom stereocenters. The average Bonchev–Trinajstić information content (AvgIpc) is 3.34. The third-order valence-corrected chi connectivity index (χ3v) is 7.24. The smallest absolute Gasteiger partial charge is 0.253 e. The SMILES string of the molecule is CN(C)C(=O)c1cccc(-c2ccc3c(c2)[C@H]2[C@H](CCN2C(=O)Cc2ccccc2)[C@@H](CO)N3)c1. The lowest BCUT2D eigenvalue weighted by Crippen LogP contribution is -2.43. The van der Waals surface area contributed by atoms with E-state index < -0.39 is 0 Å². The van der Waals surface area contributed by atoms with Crippen molar-refractivity contribution in [2.75, 3.05) is 32.6 Å². The molecule has 5 rings (SSSR count). The maximum absolute atomic E-state index is 13.4. The fourth-order valence-corrected chi connectivity index (χ4v) is 5.48. The molecule has 3 aromatic rings. The normalized spacial score (nSPS) is 20.5. The van der Waals surface area contributed by atoms with E-state index >= 15 is 0 Å². The molecule has 2 N–H and O–H groups in total. The summed E-state index contributed by atoms with van der Waals surface area (Å²) in [7, 11) is 3.50. The van der Waals surface area contributed by atoms with Crippen LogP contribution >= 0.6 is 0 Å². The summed E-state index contributed by atoms with van der Waals surface area (Å²) in [4.78, 5) is 29.5. The van der Waals surface area contributed by atoms with Gasteiger partial charge >= 0.3 is 0 Å². The molecule has 2 aliphatic rings. The molecular weight excluding hydrogens is 438 g/mol. The van der Waals surface area contributed by atoms with E-state index in [1.807, 2.05) is 71.6 Å². The van der Waals surface area contributed by atoms with Crippen molar-refractivity contribution in [2.45, 2.75) is 24.9 Å². The molecule has 2 aliphatic heterocycles. The van der Waals surface area contributed by atoms with E-state index in [-0.39, 0.29) is 36.4 Å². The number of hydrogen-bond donors (Lipinski definition) is 2. The third-order valence-electron chi connectivity index (χ3n) is 7.24. The highest BCUT2D eigenvalue weighted by atomic mass is 16.3. The first-order chi connectivity index (χ1) is 17.0. The summed E-state index contributed by atoms with van der Waals surface area (Å²) in [6.07, 6.45) is 1.21. The van der Waals surface area contributed by atoms with Gasteiger partial charge in [-0.2, -0.15) is 0 Å². The van der Waals surface area contributed by atoms with Crippen molar-refractivity contribution in [1.82, 2.24) is 9.80 Å². The molecule has 180 valence electrons. The Labute approximate surface area is 206 Å². The summed E-state index contributed by atoms with van der Waals surface area (Å²) in [6.45, 7) is 0.702. The summed E-state index contributed by atoms with van der Waals surface area (Å²) < 4.78 is 0. The molecule has 3 atom stereocenters. The van der Waals surface area contributed by atoms with Crippen LogP contribution in [0.1, 0.15) is 33.9 Å². The topological polar surface area (TPSA) is 72.9 Å². The first-order valence-corrected chi connectivity index (χ1v) is 12.1. The number of nitrogens with zero attached hydrogens (tertiary/aromatic N) is 2. The van der Waals surface area contributed by atoms with Crippen LogP contribution in [-0.4, -0.2) is 60.0 Å². The average molecular weight is 470 g/mol. The lowest BCUT2D eigenvalue weighted by molar-refractivity contribution is -0.131. The van der Waals surface area contributed by atoms with Crippen LogP contribution in [0.2, 0.25) is 0 Å². The Hall–Kier alpha value is -3.64. The zero-order valence-electron chi connectivity index (χ0n) is 20.1.